The van der Waals surface area contributed by atoms with E-state index in [-0.39, 0.29) is 11.8 Å². The first kappa shape index (κ1) is 18.3. The van der Waals surface area contributed by atoms with Crippen molar-refractivity contribution in [3.05, 3.63) is 29.4 Å². The van der Waals surface area contributed by atoms with Crippen molar-refractivity contribution in [3.8, 4) is 0 Å². The second-order valence-corrected chi connectivity index (χ2v) is 7.92. The number of rotatable bonds is 4. The number of carbonyl (C=O) groups is 2. The molecule has 3 N–H and O–H groups in total. The van der Waals surface area contributed by atoms with E-state index < -0.39 is 5.54 Å². The van der Waals surface area contributed by atoms with Crippen LogP contribution in [0.2, 0.25) is 0 Å². The van der Waals surface area contributed by atoms with Gasteiger partial charge in [0.15, 0.2) is 10.3 Å². The zero-order chi connectivity index (χ0) is 18.7. The number of hydrogen-bond donors (Lipinski definition) is 3. The highest BCUT2D eigenvalue weighted by molar-refractivity contribution is 8.14. The molecular weight excluding hydrogens is 372 g/mol. The number of amides is 2. The number of aliphatic imine (C=N–C) groups is 1. The lowest BCUT2D eigenvalue weighted by molar-refractivity contribution is -0.115. The van der Waals surface area contributed by atoms with Crippen LogP contribution in [0.5, 0.6) is 0 Å². The van der Waals surface area contributed by atoms with Crippen LogP contribution < -0.4 is 16.0 Å². The summed E-state index contributed by atoms with van der Waals surface area (Å²) in [4.78, 5) is 36.4. The third-order valence-electron chi connectivity index (χ3n) is 3.48. The van der Waals surface area contributed by atoms with Crippen molar-refractivity contribution in [2.24, 2.45) is 4.99 Å². The molecule has 136 valence electrons. The lowest BCUT2D eigenvalue weighted by Crippen LogP contribution is -2.17. The van der Waals surface area contributed by atoms with E-state index in [0.717, 1.165) is 21.5 Å². The molecule has 1 aliphatic heterocycles. The second-order valence-electron chi connectivity index (χ2n) is 5.93. The van der Waals surface area contributed by atoms with E-state index in [2.05, 4.69) is 25.9 Å². The third-order valence-corrected chi connectivity index (χ3v) is 5.82. The lowest BCUT2D eigenvalue weighted by Gasteiger charge is -2.16. The van der Waals surface area contributed by atoms with Crippen LogP contribution in [0.1, 0.15) is 25.6 Å². The highest BCUT2D eigenvalue weighted by atomic mass is 32.2. The smallest absolute Gasteiger partial charge is 0.223 e. The maximum Gasteiger partial charge on any atom is 0.223 e. The summed E-state index contributed by atoms with van der Waals surface area (Å²) >= 11 is 3.04. The Morgan fingerprint density at radius 2 is 1.88 bits per heavy atom. The fraction of sp³-hybridized carbons (Fsp3) is 0.312. The van der Waals surface area contributed by atoms with Crippen LogP contribution in [-0.4, -0.2) is 32.7 Å². The van der Waals surface area contributed by atoms with Crippen LogP contribution in [0, 0.1) is 0 Å². The molecule has 0 aromatic carbocycles. The number of anilines is 3. The van der Waals surface area contributed by atoms with Crippen molar-refractivity contribution in [1.82, 2.24) is 9.97 Å². The highest BCUT2D eigenvalue weighted by Gasteiger charge is 2.34. The van der Waals surface area contributed by atoms with Gasteiger partial charge in [0, 0.05) is 25.8 Å². The average Bonchev–Trinajstić information content (AvgIpc) is 3.16. The van der Waals surface area contributed by atoms with Gasteiger partial charge in [0.05, 0.1) is 16.8 Å². The van der Waals surface area contributed by atoms with Gasteiger partial charge < -0.3 is 16.0 Å². The van der Waals surface area contributed by atoms with Crippen LogP contribution >= 0.6 is 23.1 Å². The lowest BCUT2D eigenvalue weighted by atomic mass is 10.1. The van der Waals surface area contributed by atoms with E-state index >= 15 is 0 Å². The molecular formula is C16H18N6O2S2. The molecule has 2 aromatic rings. The van der Waals surface area contributed by atoms with Gasteiger partial charge in [-0.1, -0.05) is 23.1 Å². The van der Waals surface area contributed by atoms with Gasteiger partial charge >= 0.3 is 0 Å². The summed E-state index contributed by atoms with van der Waals surface area (Å²) in [7, 11) is 0. The number of carbonyl (C=O) groups excluding carboxylic acids is 2. The SMILES string of the molecule is CC(=O)Nc1ccc(NC2=NC(C)(c3cnc(NC(C)=O)s3)CS2)cn1. The quantitative estimate of drug-likeness (QED) is 0.741. The average molecular weight is 390 g/mol. The Morgan fingerprint density at radius 3 is 2.54 bits per heavy atom. The molecule has 26 heavy (non-hydrogen) atoms. The van der Waals surface area contributed by atoms with Crippen LogP contribution in [0.4, 0.5) is 16.6 Å². The Bertz CT molecular complexity index is 864. The minimum atomic E-state index is -0.398. The van der Waals surface area contributed by atoms with Gasteiger partial charge in [0.2, 0.25) is 11.8 Å². The summed E-state index contributed by atoms with van der Waals surface area (Å²) in [5, 5.41) is 9.92. The molecule has 0 spiro atoms. The molecule has 0 saturated heterocycles. The van der Waals surface area contributed by atoms with Crippen molar-refractivity contribution in [1.29, 1.82) is 0 Å². The van der Waals surface area contributed by atoms with Crippen LogP contribution in [0.15, 0.2) is 29.5 Å². The molecule has 8 nitrogen and oxygen atoms in total. The zero-order valence-electron chi connectivity index (χ0n) is 14.5. The number of nitrogens with zero attached hydrogens (tertiary/aromatic N) is 3. The summed E-state index contributed by atoms with van der Waals surface area (Å²) in [6.45, 7) is 4.94. The summed E-state index contributed by atoms with van der Waals surface area (Å²) in [6, 6.07) is 3.56. The van der Waals surface area contributed by atoms with E-state index in [1.165, 1.54) is 25.2 Å². The van der Waals surface area contributed by atoms with Crippen molar-refractivity contribution >= 4 is 56.7 Å². The number of amidine groups is 1. The Morgan fingerprint density at radius 1 is 1.12 bits per heavy atom. The molecule has 3 rings (SSSR count). The molecule has 1 atom stereocenters. The maximum atomic E-state index is 11.1. The normalized spacial score (nSPS) is 19.0. The van der Waals surface area contributed by atoms with Crippen LogP contribution in [0.25, 0.3) is 0 Å². The molecule has 3 heterocycles. The van der Waals surface area contributed by atoms with E-state index in [1.807, 2.05) is 13.0 Å². The third kappa shape index (κ3) is 4.38. The minimum absolute atomic E-state index is 0.141. The van der Waals surface area contributed by atoms with Gasteiger partial charge in [-0.15, -0.1) is 0 Å². The molecule has 0 aliphatic carbocycles. The monoisotopic (exact) mass is 390 g/mol. The number of thiazole rings is 1. The fourth-order valence-electron chi connectivity index (χ4n) is 2.26. The molecule has 2 aromatic heterocycles. The molecule has 1 unspecified atom stereocenters. The Kier molecular flexibility index (Phi) is 5.23. The molecule has 0 saturated carbocycles. The van der Waals surface area contributed by atoms with Gasteiger partial charge in [-0.05, 0) is 19.1 Å². The summed E-state index contributed by atoms with van der Waals surface area (Å²) < 4.78 is 0. The van der Waals surface area contributed by atoms with Gasteiger partial charge in [0.1, 0.15) is 11.4 Å². The van der Waals surface area contributed by atoms with E-state index in [4.69, 9.17) is 4.99 Å². The zero-order valence-corrected chi connectivity index (χ0v) is 16.1. The largest absolute Gasteiger partial charge is 0.334 e. The number of aromatic nitrogens is 2. The number of hydrogen-bond acceptors (Lipinski definition) is 8. The van der Waals surface area contributed by atoms with Crippen LogP contribution in [0.3, 0.4) is 0 Å². The maximum absolute atomic E-state index is 11.1. The highest BCUT2D eigenvalue weighted by Crippen LogP contribution is 2.40. The van der Waals surface area contributed by atoms with Crippen molar-refractivity contribution in [2.75, 3.05) is 21.7 Å². The molecule has 2 amide bonds. The Balaban J connectivity index is 1.69. The van der Waals surface area contributed by atoms with Crippen molar-refractivity contribution in [3.63, 3.8) is 0 Å². The van der Waals surface area contributed by atoms with Gasteiger partial charge in [-0.25, -0.2) is 15.0 Å². The van der Waals surface area contributed by atoms with Crippen LogP contribution in [-0.2, 0) is 15.1 Å². The first-order valence-corrected chi connectivity index (χ1v) is 9.61. The predicted octanol–water partition coefficient (Wildman–Crippen LogP) is 2.89. The molecule has 10 heteroatoms. The first-order chi connectivity index (χ1) is 12.3. The standard InChI is InChI=1S/C16H18N6O2S2/c1-9(23)19-13-5-4-11(6-17-13)21-15-22-16(3,8-25-15)12-7-18-14(26-12)20-10(2)24/h4-7H,8H2,1-3H3,(H,21,22)(H,17,19,23)(H,18,20,24). The topological polar surface area (TPSA) is 108 Å². The molecule has 0 fully saturated rings. The predicted molar refractivity (Wildman–Crippen MR) is 106 cm³/mol. The number of thioether (sulfide) groups is 1. The van der Waals surface area contributed by atoms with Crippen molar-refractivity contribution < 1.29 is 9.59 Å². The molecule has 1 aliphatic rings. The number of nitrogens with one attached hydrogen (secondary N) is 3. The molecule has 0 bridgehead atoms. The van der Waals surface area contributed by atoms with E-state index in [1.54, 1.807) is 30.2 Å². The molecule has 0 radical (unpaired) electrons. The second kappa shape index (κ2) is 7.42. The first-order valence-electron chi connectivity index (χ1n) is 7.81. The summed E-state index contributed by atoms with van der Waals surface area (Å²) in [5.74, 6) is 0.976. The summed E-state index contributed by atoms with van der Waals surface area (Å²) in [5.41, 5.74) is 0.392. The van der Waals surface area contributed by atoms with E-state index in [9.17, 15) is 9.59 Å². The van der Waals surface area contributed by atoms with E-state index in [0.29, 0.717) is 10.9 Å². The van der Waals surface area contributed by atoms with Gasteiger partial charge in [0.25, 0.3) is 0 Å². The van der Waals surface area contributed by atoms with Crippen molar-refractivity contribution in [2.45, 2.75) is 26.3 Å². The Labute approximate surface area is 158 Å². The minimum Gasteiger partial charge on any atom is -0.334 e. The Hall–Kier alpha value is -2.46. The van der Waals surface area contributed by atoms with Gasteiger partial charge in [-0.3, -0.25) is 9.59 Å². The fourth-order valence-corrected chi connectivity index (χ4v) is 4.40. The number of pyridine rings is 1. The van der Waals surface area contributed by atoms with Gasteiger partial charge in [-0.2, -0.15) is 0 Å². The summed E-state index contributed by atoms with van der Waals surface area (Å²) in [6.07, 6.45) is 3.40.